The van der Waals surface area contributed by atoms with Gasteiger partial charge in [0.1, 0.15) is 15.8 Å². The summed E-state index contributed by atoms with van der Waals surface area (Å²) in [4.78, 5) is 0. The van der Waals surface area contributed by atoms with Crippen LogP contribution in [0.3, 0.4) is 0 Å². The highest BCUT2D eigenvalue weighted by Crippen LogP contribution is 2.16. The van der Waals surface area contributed by atoms with Crippen LogP contribution < -0.4 is 4.48 Å². The molecule has 0 saturated carbocycles. The lowest BCUT2D eigenvalue weighted by molar-refractivity contribution is 0.421. The van der Waals surface area contributed by atoms with E-state index in [0.29, 0.717) is 5.41 Å². The van der Waals surface area contributed by atoms with Gasteiger partial charge in [0.15, 0.2) is 0 Å². The SMILES string of the molecule is C=CS(=O)(=O)[O-].CC[N+](C)(C)c1ccccc1. The fraction of sp³-hybridized carbons (Fsp3) is 0.333. The van der Waals surface area contributed by atoms with E-state index in [1.54, 1.807) is 0 Å². The summed E-state index contributed by atoms with van der Waals surface area (Å²) in [5, 5.41) is 0.354. The number of nitrogens with zero attached hydrogens (tertiary/aromatic N) is 1. The summed E-state index contributed by atoms with van der Waals surface area (Å²) in [6.45, 7) is 6.06. The first kappa shape index (κ1) is 15.8. The molecular formula is C12H19NO3S. The summed E-state index contributed by atoms with van der Waals surface area (Å²) >= 11 is 0. The average Bonchev–Trinajstić information content (AvgIpc) is 2.30. The summed E-state index contributed by atoms with van der Waals surface area (Å²) in [6, 6.07) is 10.6. The van der Waals surface area contributed by atoms with Crippen LogP contribution in [0.5, 0.6) is 0 Å². The van der Waals surface area contributed by atoms with Crippen LogP contribution in [0.25, 0.3) is 0 Å². The van der Waals surface area contributed by atoms with Gasteiger partial charge in [0, 0.05) is 5.41 Å². The lowest BCUT2D eigenvalue weighted by atomic mass is 10.2. The van der Waals surface area contributed by atoms with E-state index in [2.05, 4.69) is 57.9 Å². The van der Waals surface area contributed by atoms with Gasteiger partial charge in [-0.25, -0.2) is 8.42 Å². The maximum absolute atomic E-state index is 9.33. The smallest absolute Gasteiger partial charge is 0.132 e. The molecule has 4 nitrogen and oxygen atoms in total. The van der Waals surface area contributed by atoms with Crippen molar-refractivity contribution in [2.75, 3.05) is 20.6 Å². The molecule has 96 valence electrons. The molecular weight excluding hydrogens is 238 g/mol. The standard InChI is InChI=1S/C10H16N.C2H4O3S/c1-4-11(2,3)10-8-6-5-7-9-10;1-2-6(3,4)5/h5-9H,4H2,1-3H3;2H,1H2,(H,3,4,5)/q+1;/p-1. The zero-order chi connectivity index (χ0) is 13.5. The Bertz CT molecular complexity index is 426. The molecule has 0 saturated heterocycles. The highest BCUT2D eigenvalue weighted by molar-refractivity contribution is 7.88. The van der Waals surface area contributed by atoms with Gasteiger partial charge >= 0.3 is 0 Å². The Morgan fingerprint density at radius 2 is 1.71 bits per heavy atom. The zero-order valence-corrected chi connectivity index (χ0v) is 11.3. The van der Waals surface area contributed by atoms with E-state index in [0.717, 1.165) is 11.0 Å². The van der Waals surface area contributed by atoms with Crippen molar-refractivity contribution in [3.8, 4) is 0 Å². The molecule has 0 N–H and O–H groups in total. The highest BCUT2D eigenvalue weighted by Gasteiger charge is 2.13. The van der Waals surface area contributed by atoms with Crippen LogP contribution in [0.4, 0.5) is 5.69 Å². The minimum atomic E-state index is -4.15. The third-order valence-electron chi connectivity index (χ3n) is 2.45. The van der Waals surface area contributed by atoms with E-state index in [1.165, 1.54) is 5.69 Å². The van der Waals surface area contributed by atoms with Crippen LogP contribution in [-0.2, 0) is 10.1 Å². The van der Waals surface area contributed by atoms with Crippen LogP contribution in [0.2, 0.25) is 0 Å². The van der Waals surface area contributed by atoms with Crippen LogP contribution in [0.15, 0.2) is 42.3 Å². The van der Waals surface area contributed by atoms with Crippen molar-refractivity contribution in [1.29, 1.82) is 0 Å². The van der Waals surface area contributed by atoms with E-state index in [9.17, 15) is 13.0 Å². The van der Waals surface area contributed by atoms with Gasteiger partial charge in [-0.3, -0.25) is 4.48 Å². The van der Waals surface area contributed by atoms with Crippen LogP contribution in [-0.4, -0.2) is 33.6 Å². The number of quaternary nitrogens is 1. The molecule has 1 aromatic carbocycles. The van der Waals surface area contributed by atoms with Crippen molar-refractivity contribution in [2.24, 2.45) is 0 Å². The van der Waals surface area contributed by atoms with Crippen LogP contribution in [0, 0.1) is 0 Å². The van der Waals surface area contributed by atoms with Gasteiger partial charge in [0.25, 0.3) is 0 Å². The van der Waals surface area contributed by atoms with Crippen molar-refractivity contribution in [3.05, 3.63) is 42.3 Å². The highest BCUT2D eigenvalue weighted by atomic mass is 32.2. The Hall–Kier alpha value is -1.17. The fourth-order valence-corrected chi connectivity index (χ4v) is 1.01. The summed E-state index contributed by atoms with van der Waals surface area (Å²) in [7, 11) is 0.287. The van der Waals surface area contributed by atoms with Crippen molar-refractivity contribution >= 4 is 15.8 Å². The average molecular weight is 257 g/mol. The molecule has 1 rings (SSSR count). The molecule has 0 unspecified atom stereocenters. The van der Waals surface area contributed by atoms with Crippen LogP contribution in [0.1, 0.15) is 6.92 Å². The molecule has 17 heavy (non-hydrogen) atoms. The first-order valence-electron chi connectivity index (χ1n) is 5.20. The second-order valence-corrected chi connectivity index (χ2v) is 5.32. The third-order valence-corrected chi connectivity index (χ3v) is 2.86. The van der Waals surface area contributed by atoms with Gasteiger partial charge in [0.2, 0.25) is 0 Å². The molecule has 5 heteroatoms. The number of hydrogen-bond acceptors (Lipinski definition) is 3. The Morgan fingerprint density at radius 1 is 1.29 bits per heavy atom. The number of rotatable bonds is 3. The van der Waals surface area contributed by atoms with Gasteiger partial charge in [0.05, 0.1) is 20.6 Å². The monoisotopic (exact) mass is 257 g/mol. The first-order valence-corrected chi connectivity index (χ1v) is 6.67. The maximum Gasteiger partial charge on any atom is 0.132 e. The zero-order valence-electron chi connectivity index (χ0n) is 10.5. The number of benzene rings is 1. The lowest BCUT2D eigenvalue weighted by Gasteiger charge is -2.27. The summed E-state index contributed by atoms with van der Waals surface area (Å²) in [5.41, 5.74) is 1.37. The minimum absolute atomic E-state index is 0.354. The van der Waals surface area contributed by atoms with Crippen molar-refractivity contribution in [1.82, 2.24) is 4.48 Å². The minimum Gasteiger partial charge on any atom is -0.745 e. The van der Waals surface area contributed by atoms with Gasteiger partial charge < -0.3 is 4.55 Å². The molecule has 0 radical (unpaired) electrons. The molecule has 0 aliphatic heterocycles. The second-order valence-electron chi connectivity index (χ2n) is 4.00. The molecule has 0 spiro atoms. The molecule has 0 aliphatic carbocycles. The molecule has 0 aliphatic rings. The summed E-state index contributed by atoms with van der Waals surface area (Å²) in [5.74, 6) is 0. The molecule has 0 bridgehead atoms. The molecule has 0 atom stereocenters. The molecule has 0 heterocycles. The Morgan fingerprint density at radius 3 is 2.00 bits per heavy atom. The lowest BCUT2D eigenvalue weighted by Crippen LogP contribution is -2.39. The van der Waals surface area contributed by atoms with E-state index in [1.807, 2.05) is 0 Å². The van der Waals surface area contributed by atoms with Crippen molar-refractivity contribution in [2.45, 2.75) is 6.92 Å². The van der Waals surface area contributed by atoms with E-state index in [4.69, 9.17) is 0 Å². The van der Waals surface area contributed by atoms with Crippen molar-refractivity contribution < 1.29 is 13.0 Å². The maximum atomic E-state index is 9.33. The molecule has 0 amide bonds. The number of hydrogen-bond donors (Lipinski definition) is 0. The van der Waals surface area contributed by atoms with Crippen LogP contribution >= 0.6 is 0 Å². The van der Waals surface area contributed by atoms with Gasteiger partial charge in [-0.1, -0.05) is 24.8 Å². The molecule has 0 aromatic heterocycles. The second kappa shape index (κ2) is 6.54. The predicted molar refractivity (Wildman–Crippen MR) is 70.5 cm³/mol. The normalized spacial score (nSPS) is 11.3. The third kappa shape index (κ3) is 6.88. The molecule has 1 aromatic rings. The number of para-hydroxylation sites is 1. The van der Waals surface area contributed by atoms with Gasteiger partial charge in [-0.05, 0) is 19.1 Å². The topological polar surface area (TPSA) is 57.2 Å². The quantitative estimate of drug-likeness (QED) is 0.614. The van der Waals surface area contributed by atoms with E-state index >= 15 is 0 Å². The summed E-state index contributed by atoms with van der Waals surface area (Å²) < 4.78 is 28.9. The Labute approximate surface area is 104 Å². The van der Waals surface area contributed by atoms with E-state index < -0.39 is 10.1 Å². The fourth-order valence-electron chi connectivity index (χ4n) is 1.01. The Kier molecular flexibility index (Phi) is 6.09. The first-order chi connectivity index (χ1) is 7.73. The van der Waals surface area contributed by atoms with Gasteiger partial charge in [-0.2, -0.15) is 0 Å². The Balaban J connectivity index is 0.000000366. The summed E-state index contributed by atoms with van der Waals surface area (Å²) in [6.07, 6.45) is 0. The predicted octanol–water partition coefficient (Wildman–Crippen LogP) is 1.95. The molecule has 0 fully saturated rings. The largest absolute Gasteiger partial charge is 0.745 e. The van der Waals surface area contributed by atoms with E-state index in [-0.39, 0.29) is 0 Å². The van der Waals surface area contributed by atoms with Gasteiger partial charge in [-0.15, -0.1) is 0 Å². The van der Waals surface area contributed by atoms with Crippen molar-refractivity contribution in [3.63, 3.8) is 0 Å².